The van der Waals surface area contributed by atoms with Crippen molar-refractivity contribution in [3.8, 4) is 33.3 Å². The number of aryl methyl sites for hydroxylation is 1. The summed E-state index contributed by atoms with van der Waals surface area (Å²) in [7, 11) is 0. The fourth-order valence-corrected chi connectivity index (χ4v) is 3.44. The number of carboxylic acids is 1. The first kappa shape index (κ1) is 18.8. The van der Waals surface area contributed by atoms with Crippen LogP contribution < -0.4 is 9.47 Å². The molecule has 3 rings (SSSR count). The van der Waals surface area contributed by atoms with Crippen molar-refractivity contribution in [3.05, 3.63) is 47.1 Å². The van der Waals surface area contributed by atoms with Gasteiger partial charge in [-0.15, -0.1) is 11.3 Å². The highest BCUT2D eigenvalue weighted by molar-refractivity contribution is 7.13. The number of carboxylic acid groups (broad SMARTS) is 1. The van der Waals surface area contributed by atoms with Crippen molar-refractivity contribution in [2.24, 2.45) is 0 Å². The molecule has 0 radical (unpaired) electrons. The topological polar surface area (TPSA) is 81.5 Å². The average Bonchev–Trinajstić information content (AvgIpc) is 3.14. The highest BCUT2D eigenvalue weighted by Crippen LogP contribution is 2.35. The number of hydrogen-bond donors (Lipinski definition) is 1. The van der Waals surface area contributed by atoms with Gasteiger partial charge in [0.1, 0.15) is 5.01 Å². The first-order chi connectivity index (χ1) is 13.0. The number of rotatable bonds is 7. The Kier molecular flexibility index (Phi) is 5.71. The van der Waals surface area contributed by atoms with Crippen molar-refractivity contribution in [2.45, 2.75) is 20.8 Å². The summed E-state index contributed by atoms with van der Waals surface area (Å²) in [5.74, 6) is 0.387. The van der Waals surface area contributed by atoms with Crippen molar-refractivity contribution in [1.82, 2.24) is 9.97 Å². The first-order valence-electron chi connectivity index (χ1n) is 8.59. The fourth-order valence-electron chi connectivity index (χ4n) is 2.61. The van der Waals surface area contributed by atoms with Crippen LogP contribution in [0.4, 0.5) is 0 Å². The van der Waals surface area contributed by atoms with Crippen LogP contribution in [0.1, 0.15) is 29.9 Å². The van der Waals surface area contributed by atoms with E-state index in [4.69, 9.17) is 9.47 Å². The SMILES string of the molecule is CCOc1ccc(-c2nc(-c3cnc(C)c(C(=O)O)c3)cs2)cc1OCC. The van der Waals surface area contributed by atoms with Gasteiger partial charge in [-0.05, 0) is 45.0 Å². The maximum Gasteiger partial charge on any atom is 0.337 e. The Morgan fingerprint density at radius 3 is 2.56 bits per heavy atom. The van der Waals surface area contributed by atoms with E-state index in [9.17, 15) is 9.90 Å². The number of nitrogens with zero attached hydrogens (tertiary/aromatic N) is 2. The Morgan fingerprint density at radius 2 is 1.85 bits per heavy atom. The Labute approximate surface area is 161 Å². The van der Waals surface area contributed by atoms with E-state index in [1.165, 1.54) is 11.3 Å². The van der Waals surface area contributed by atoms with Crippen LogP contribution in [0.2, 0.25) is 0 Å². The van der Waals surface area contributed by atoms with E-state index in [2.05, 4.69) is 9.97 Å². The number of aromatic nitrogens is 2. The molecule has 0 fully saturated rings. The summed E-state index contributed by atoms with van der Waals surface area (Å²) in [5.41, 5.74) is 2.95. The molecule has 1 aromatic carbocycles. The Morgan fingerprint density at radius 1 is 1.11 bits per heavy atom. The van der Waals surface area contributed by atoms with E-state index in [1.54, 1.807) is 19.2 Å². The zero-order chi connectivity index (χ0) is 19.4. The second-order valence-electron chi connectivity index (χ2n) is 5.73. The standard InChI is InChI=1S/C20H20N2O4S/c1-4-25-17-7-6-13(9-18(17)26-5-2)19-22-16(11-27-19)14-8-15(20(23)24)12(3)21-10-14/h6-11H,4-5H2,1-3H3,(H,23,24). The van der Waals surface area contributed by atoms with Crippen molar-refractivity contribution < 1.29 is 19.4 Å². The second kappa shape index (κ2) is 8.18. The van der Waals surface area contributed by atoms with Crippen molar-refractivity contribution >= 4 is 17.3 Å². The van der Waals surface area contributed by atoms with Gasteiger partial charge < -0.3 is 14.6 Å². The summed E-state index contributed by atoms with van der Waals surface area (Å²) in [5, 5.41) is 12.0. The molecule has 140 valence electrons. The van der Waals surface area contributed by atoms with Crippen LogP contribution in [-0.4, -0.2) is 34.3 Å². The molecule has 0 saturated carbocycles. The van der Waals surface area contributed by atoms with Gasteiger partial charge in [0.2, 0.25) is 0 Å². The monoisotopic (exact) mass is 384 g/mol. The van der Waals surface area contributed by atoms with Gasteiger partial charge in [0.25, 0.3) is 0 Å². The number of ether oxygens (including phenoxy) is 2. The second-order valence-corrected chi connectivity index (χ2v) is 6.59. The number of pyridine rings is 1. The van der Waals surface area contributed by atoms with Crippen LogP contribution in [-0.2, 0) is 0 Å². The van der Waals surface area contributed by atoms with Crippen LogP contribution in [0.5, 0.6) is 11.5 Å². The smallest absolute Gasteiger partial charge is 0.337 e. The van der Waals surface area contributed by atoms with Gasteiger partial charge in [-0.2, -0.15) is 0 Å². The number of carbonyl (C=O) groups is 1. The molecule has 0 aliphatic heterocycles. The summed E-state index contributed by atoms with van der Waals surface area (Å²) in [6.07, 6.45) is 1.64. The molecule has 6 nitrogen and oxygen atoms in total. The van der Waals surface area contributed by atoms with E-state index >= 15 is 0 Å². The lowest BCUT2D eigenvalue weighted by molar-refractivity contribution is 0.0695. The normalized spacial score (nSPS) is 10.6. The predicted molar refractivity (Wildman–Crippen MR) is 105 cm³/mol. The van der Waals surface area contributed by atoms with Crippen LogP contribution >= 0.6 is 11.3 Å². The molecule has 0 amide bonds. The zero-order valence-corrected chi connectivity index (χ0v) is 16.2. The highest BCUT2D eigenvalue weighted by atomic mass is 32.1. The lowest BCUT2D eigenvalue weighted by atomic mass is 10.1. The average molecular weight is 384 g/mol. The Balaban J connectivity index is 1.95. The van der Waals surface area contributed by atoms with Crippen LogP contribution in [0.25, 0.3) is 21.8 Å². The fraction of sp³-hybridized carbons (Fsp3) is 0.250. The minimum absolute atomic E-state index is 0.182. The molecule has 0 aliphatic rings. The van der Waals surface area contributed by atoms with Gasteiger partial charge in [-0.1, -0.05) is 0 Å². The van der Waals surface area contributed by atoms with Gasteiger partial charge in [-0.25, -0.2) is 9.78 Å². The third kappa shape index (κ3) is 4.09. The van der Waals surface area contributed by atoms with Crippen LogP contribution in [0.15, 0.2) is 35.8 Å². The molecule has 3 aromatic rings. The van der Waals surface area contributed by atoms with Gasteiger partial charge in [0, 0.05) is 22.7 Å². The minimum atomic E-state index is -0.995. The van der Waals surface area contributed by atoms with Gasteiger partial charge >= 0.3 is 5.97 Å². The molecule has 1 N–H and O–H groups in total. The third-order valence-electron chi connectivity index (χ3n) is 3.91. The molecular weight excluding hydrogens is 364 g/mol. The van der Waals surface area contributed by atoms with E-state index in [-0.39, 0.29) is 5.56 Å². The molecule has 2 aromatic heterocycles. The maximum absolute atomic E-state index is 11.3. The van der Waals surface area contributed by atoms with Crippen molar-refractivity contribution in [3.63, 3.8) is 0 Å². The van der Waals surface area contributed by atoms with E-state index < -0.39 is 5.97 Å². The van der Waals surface area contributed by atoms with Crippen LogP contribution in [0.3, 0.4) is 0 Å². The summed E-state index contributed by atoms with van der Waals surface area (Å²) in [6.45, 7) is 6.63. The van der Waals surface area contributed by atoms with Gasteiger partial charge in [0.15, 0.2) is 11.5 Å². The zero-order valence-electron chi connectivity index (χ0n) is 15.4. The number of aromatic carboxylic acids is 1. The lowest BCUT2D eigenvalue weighted by Crippen LogP contribution is -2.02. The molecule has 0 atom stereocenters. The number of hydrogen-bond acceptors (Lipinski definition) is 6. The first-order valence-corrected chi connectivity index (χ1v) is 9.47. The molecule has 2 heterocycles. The Hall–Kier alpha value is -2.93. The molecule has 0 unspecified atom stereocenters. The molecule has 0 spiro atoms. The number of thiazole rings is 1. The van der Waals surface area contributed by atoms with Crippen LogP contribution in [0, 0.1) is 6.92 Å². The molecule has 0 aliphatic carbocycles. The maximum atomic E-state index is 11.3. The molecule has 7 heteroatoms. The van der Waals surface area contributed by atoms with Crippen molar-refractivity contribution in [2.75, 3.05) is 13.2 Å². The summed E-state index contributed by atoms with van der Waals surface area (Å²) in [6, 6.07) is 7.33. The molecular formula is C20H20N2O4S. The van der Waals surface area contributed by atoms with E-state index in [0.717, 1.165) is 10.6 Å². The quantitative estimate of drug-likeness (QED) is 0.637. The van der Waals surface area contributed by atoms with Crippen molar-refractivity contribution in [1.29, 1.82) is 0 Å². The Bertz CT molecular complexity index is 968. The molecule has 0 bridgehead atoms. The van der Waals surface area contributed by atoms with E-state index in [1.807, 2.05) is 37.4 Å². The summed E-state index contributed by atoms with van der Waals surface area (Å²) >= 11 is 1.48. The number of benzene rings is 1. The third-order valence-corrected chi connectivity index (χ3v) is 4.80. The van der Waals surface area contributed by atoms with E-state index in [0.29, 0.717) is 41.7 Å². The predicted octanol–water partition coefficient (Wildman–Crippen LogP) is 4.68. The largest absolute Gasteiger partial charge is 0.490 e. The van der Waals surface area contributed by atoms with Gasteiger partial charge in [-0.3, -0.25) is 4.98 Å². The van der Waals surface area contributed by atoms with Gasteiger partial charge in [0.05, 0.1) is 30.2 Å². The summed E-state index contributed by atoms with van der Waals surface area (Å²) in [4.78, 5) is 20.2. The molecule has 0 saturated heterocycles. The minimum Gasteiger partial charge on any atom is -0.490 e. The molecule has 27 heavy (non-hydrogen) atoms. The highest BCUT2D eigenvalue weighted by Gasteiger charge is 2.14. The summed E-state index contributed by atoms with van der Waals surface area (Å²) < 4.78 is 11.3. The lowest BCUT2D eigenvalue weighted by Gasteiger charge is -2.11.